The molecule has 1 aliphatic rings. The van der Waals surface area contributed by atoms with E-state index in [2.05, 4.69) is 4.72 Å². The molecule has 0 spiro atoms. The highest BCUT2D eigenvalue weighted by Crippen LogP contribution is 2.29. The molecule has 1 unspecified atom stereocenters. The lowest BCUT2D eigenvalue weighted by atomic mass is 9.88. The molecular weight excluding hydrogens is 224 g/mol. The van der Waals surface area contributed by atoms with Crippen LogP contribution in [0.1, 0.15) is 30.0 Å². The van der Waals surface area contributed by atoms with E-state index in [4.69, 9.17) is 5.73 Å². The Labute approximate surface area is 95.9 Å². The summed E-state index contributed by atoms with van der Waals surface area (Å²) in [7, 11) is -3.20. The Kier molecular flexibility index (Phi) is 2.90. The largest absolute Gasteiger partial charge is 0.324 e. The minimum atomic E-state index is -3.20. The summed E-state index contributed by atoms with van der Waals surface area (Å²) in [5.74, 6) is 0. The van der Waals surface area contributed by atoms with Crippen molar-refractivity contribution in [3.05, 3.63) is 29.3 Å². The minimum Gasteiger partial charge on any atom is -0.324 e. The van der Waals surface area contributed by atoms with Gasteiger partial charge in [-0.1, -0.05) is 6.07 Å². The van der Waals surface area contributed by atoms with Gasteiger partial charge in [-0.15, -0.1) is 0 Å². The van der Waals surface area contributed by atoms with E-state index in [9.17, 15) is 8.42 Å². The summed E-state index contributed by atoms with van der Waals surface area (Å²) < 4.78 is 24.7. The van der Waals surface area contributed by atoms with Gasteiger partial charge in [0, 0.05) is 11.7 Å². The molecule has 0 radical (unpaired) electrons. The number of fused-ring (bicyclic) bond motifs is 1. The smallest absolute Gasteiger partial charge is 0.229 e. The Morgan fingerprint density at radius 2 is 2.19 bits per heavy atom. The van der Waals surface area contributed by atoms with Crippen molar-refractivity contribution in [1.29, 1.82) is 0 Å². The van der Waals surface area contributed by atoms with Gasteiger partial charge in [0.1, 0.15) is 0 Å². The van der Waals surface area contributed by atoms with E-state index in [0.717, 1.165) is 36.6 Å². The molecule has 16 heavy (non-hydrogen) atoms. The summed E-state index contributed by atoms with van der Waals surface area (Å²) in [4.78, 5) is 0. The number of sulfonamides is 1. The van der Waals surface area contributed by atoms with Crippen LogP contribution in [0.5, 0.6) is 0 Å². The second-order valence-corrected chi connectivity index (χ2v) is 6.03. The van der Waals surface area contributed by atoms with Crippen LogP contribution in [0.3, 0.4) is 0 Å². The lowest BCUT2D eigenvalue weighted by Gasteiger charge is -2.22. The van der Waals surface area contributed by atoms with Crippen molar-refractivity contribution in [2.45, 2.75) is 25.3 Å². The number of hydrogen-bond acceptors (Lipinski definition) is 3. The van der Waals surface area contributed by atoms with Gasteiger partial charge in [0.2, 0.25) is 10.0 Å². The van der Waals surface area contributed by atoms with E-state index in [0.29, 0.717) is 5.69 Å². The molecule has 1 aromatic rings. The lowest BCUT2D eigenvalue weighted by Crippen LogP contribution is -2.18. The molecule has 0 bridgehead atoms. The highest BCUT2D eigenvalue weighted by Gasteiger charge is 2.17. The summed E-state index contributed by atoms with van der Waals surface area (Å²) in [5.41, 5.74) is 8.91. The number of hydrogen-bond donors (Lipinski definition) is 2. The molecule has 1 atom stereocenters. The number of nitrogens with one attached hydrogen (secondary N) is 1. The van der Waals surface area contributed by atoms with Crippen LogP contribution >= 0.6 is 0 Å². The average Bonchev–Trinajstić information content (AvgIpc) is 2.15. The Balaban J connectivity index is 2.32. The topological polar surface area (TPSA) is 72.2 Å². The molecule has 88 valence electrons. The molecule has 5 heteroatoms. The van der Waals surface area contributed by atoms with Crippen LogP contribution in [0.2, 0.25) is 0 Å². The second-order valence-electron chi connectivity index (χ2n) is 4.29. The van der Waals surface area contributed by atoms with Gasteiger partial charge in [0.25, 0.3) is 0 Å². The van der Waals surface area contributed by atoms with Gasteiger partial charge in [-0.2, -0.15) is 0 Å². The van der Waals surface area contributed by atoms with Gasteiger partial charge in [0.15, 0.2) is 0 Å². The van der Waals surface area contributed by atoms with E-state index in [1.807, 2.05) is 12.1 Å². The Morgan fingerprint density at radius 3 is 2.88 bits per heavy atom. The number of rotatable bonds is 2. The van der Waals surface area contributed by atoms with Crippen LogP contribution in [-0.2, 0) is 16.4 Å². The Morgan fingerprint density at radius 1 is 1.44 bits per heavy atom. The number of nitrogens with two attached hydrogens (primary N) is 1. The molecule has 4 nitrogen and oxygen atoms in total. The highest BCUT2D eigenvalue weighted by atomic mass is 32.2. The lowest BCUT2D eigenvalue weighted by molar-refractivity contribution is 0.570. The Hall–Kier alpha value is -1.07. The molecule has 0 aliphatic heterocycles. The monoisotopic (exact) mass is 240 g/mol. The maximum Gasteiger partial charge on any atom is 0.229 e. The van der Waals surface area contributed by atoms with Crippen molar-refractivity contribution >= 4 is 15.7 Å². The van der Waals surface area contributed by atoms with E-state index < -0.39 is 10.0 Å². The fourth-order valence-electron chi connectivity index (χ4n) is 2.13. The van der Waals surface area contributed by atoms with Gasteiger partial charge < -0.3 is 5.73 Å². The molecule has 0 saturated carbocycles. The quantitative estimate of drug-likeness (QED) is 0.820. The van der Waals surface area contributed by atoms with Crippen molar-refractivity contribution in [3.63, 3.8) is 0 Å². The van der Waals surface area contributed by atoms with Crippen LogP contribution in [0.4, 0.5) is 5.69 Å². The highest BCUT2D eigenvalue weighted by molar-refractivity contribution is 7.92. The Bertz CT molecular complexity index is 497. The third-order valence-electron chi connectivity index (χ3n) is 2.81. The zero-order valence-corrected chi connectivity index (χ0v) is 10.0. The van der Waals surface area contributed by atoms with Crippen molar-refractivity contribution in [2.75, 3.05) is 11.0 Å². The van der Waals surface area contributed by atoms with Crippen molar-refractivity contribution in [2.24, 2.45) is 5.73 Å². The predicted octanol–water partition coefficient (Wildman–Crippen LogP) is 1.39. The van der Waals surface area contributed by atoms with E-state index in [-0.39, 0.29) is 6.04 Å². The summed E-state index contributed by atoms with van der Waals surface area (Å²) in [5, 5.41) is 0. The molecule has 1 aromatic carbocycles. The molecule has 3 N–H and O–H groups in total. The van der Waals surface area contributed by atoms with Gasteiger partial charge >= 0.3 is 0 Å². The van der Waals surface area contributed by atoms with Crippen molar-refractivity contribution < 1.29 is 8.42 Å². The van der Waals surface area contributed by atoms with E-state index >= 15 is 0 Å². The third-order valence-corrected chi connectivity index (χ3v) is 3.41. The second kappa shape index (κ2) is 4.07. The zero-order valence-electron chi connectivity index (χ0n) is 9.23. The summed E-state index contributed by atoms with van der Waals surface area (Å²) in [6.07, 6.45) is 4.20. The molecule has 0 aromatic heterocycles. The number of benzene rings is 1. The van der Waals surface area contributed by atoms with E-state index in [1.54, 1.807) is 6.07 Å². The standard InChI is InChI=1S/C11H16N2O2S/c1-16(14,15)13-9-5-6-10-8(7-9)3-2-4-11(10)12/h5-7,11,13H,2-4,12H2,1H3. The molecule has 0 saturated heterocycles. The number of anilines is 1. The first-order valence-corrected chi connectivity index (χ1v) is 7.21. The summed E-state index contributed by atoms with van der Waals surface area (Å²) in [6, 6.07) is 5.67. The fraction of sp³-hybridized carbons (Fsp3) is 0.455. The van der Waals surface area contributed by atoms with Crippen LogP contribution in [0, 0.1) is 0 Å². The molecule has 0 heterocycles. The van der Waals surface area contributed by atoms with Gasteiger partial charge in [-0.3, -0.25) is 4.72 Å². The molecule has 0 fully saturated rings. The van der Waals surface area contributed by atoms with Gasteiger partial charge in [0.05, 0.1) is 6.26 Å². The van der Waals surface area contributed by atoms with E-state index in [1.165, 1.54) is 0 Å². The third kappa shape index (κ3) is 2.54. The van der Waals surface area contributed by atoms with Gasteiger partial charge in [-0.25, -0.2) is 8.42 Å². The van der Waals surface area contributed by atoms with Crippen LogP contribution < -0.4 is 10.5 Å². The summed E-state index contributed by atoms with van der Waals surface area (Å²) >= 11 is 0. The van der Waals surface area contributed by atoms with Crippen LogP contribution in [0.25, 0.3) is 0 Å². The molecule has 2 rings (SSSR count). The summed E-state index contributed by atoms with van der Waals surface area (Å²) in [6.45, 7) is 0. The normalized spacial score (nSPS) is 20.2. The maximum absolute atomic E-state index is 11.1. The first kappa shape index (κ1) is 11.4. The van der Waals surface area contributed by atoms with Crippen molar-refractivity contribution in [3.8, 4) is 0 Å². The maximum atomic E-state index is 11.1. The van der Waals surface area contributed by atoms with Crippen LogP contribution in [0.15, 0.2) is 18.2 Å². The first-order valence-electron chi connectivity index (χ1n) is 5.32. The molecular formula is C11H16N2O2S. The van der Waals surface area contributed by atoms with Crippen molar-refractivity contribution in [1.82, 2.24) is 0 Å². The van der Waals surface area contributed by atoms with Crippen LogP contribution in [-0.4, -0.2) is 14.7 Å². The fourth-order valence-corrected chi connectivity index (χ4v) is 2.68. The molecule has 0 amide bonds. The number of aryl methyl sites for hydroxylation is 1. The predicted molar refractivity (Wildman–Crippen MR) is 64.8 cm³/mol. The minimum absolute atomic E-state index is 0.0935. The average molecular weight is 240 g/mol. The molecule has 1 aliphatic carbocycles. The first-order chi connectivity index (χ1) is 7.46. The van der Waals surface area contributed by atoms with Gasteiger partial charge in [-0.05, 0) is 42.5 Å². The zero-order chi connectivity index (χ0) is 11.8. The SMILES string of the molecule is CS(=O)(=O)Nc1ccc2c(c1)CCCC2N.